The number of aryl methyl sites for hydroxylation is 1. The van der Waals surface area contributed by atoms with Gasteiger partial charge in [0.15, 0.2) is 0 Å². The minimum absolute atomic E-state index is 0.0674. The molecule has 1 aromatic carbocycles. The minimum atomic E-state index is -0.952. The molecule has 0 saturated heterocycles. The molecular weight excluding hydrogens is 194 g/mol. The van der Waals surface area contributed by atoms with E-state index in [0.717, 1.165) is 16.8 Å². The van der Waals surface area contributed by atoms with Crippen molar-refractivity contribution < 1.29 is 14.7 Å². The van der Waals surface area contributed by atoms with Crippen LogP contribution in [-0.4, -0.2) is 17.0 Å². The molecule has 4 heteroatoms. The Hall–Kier alpha value is -1.84. The second-order valence-corrected chi connectivity index (χ2v) is 3.55. The summed E-state index contributed by atoms with van der Waals surface area (Å²) in [5.41, 5.74) is 2.72. The number of aromatic carboxylic acids is 1. The zero-order chi connectivity index (χ0) is 11.0. The van der Waals surface area contributed by atoms with Crippen molar-refractivity contribution in [1.82, 2.24) is 0 Å². The number of anilines is 1. The van der Waals surface area contributed by atoms with Gasteiger partial charge >= 0.3 is 5.97 Å². The number of rotatable bonds is 2. The summed E-state index contributed by atoms with van der Waals surface area (Å²) >= 11 is 0. The summed E-state index contributed by atoms with van der Waals surface area (Å²) in [7, 11) is 0. The van der Waals surface area contributed by atoms with Gasteiger partial charge in [-0.15, -0.1) is 0 Å². The largest absolute Gasteiger partial charge is 0.478 e. The molecule has 4 nitrogen and oxygen atoms in total. The maximum absolute atomic E-state index is 11.2. The summed E-state index contributed by atoms with van der Waals surface area (Å²) in [5.74, 6) is -1.02. The van der Waals surface area contributed by atoms with Crippen LogP contribution < -0.4 is 5.32 Å². The number of carboxylic acids is 1. The Bertz CT molecular complexity index is 451. The fourth-order valence-electron chi connectivity index (χ4n) is 1.83. The van der Waals surface area contributed by atoms with Gasteiger partial charge in [0.1, 0.15) is 0 Å². The molecular formula is C11H11NO3. The molecule has 0 fully saturated rings. The number of hydrogen-bond donors (Lipinski definition) is 2. The van der Waals surface area contributed by atoms with E-state index in [9.17, 15) is 9.59 Å². The van der Waals surface area contributed by atoms with Gasteiger partial charge < -0.3 is 10.4 Å². The smallest absolute Gasteiger partial charge is 0.335 e. The van der Waals surface area contributed by atoms with Gasteiger partial charge in [0, 0.05) is 5.69 Å². The quantitative estimate of drug-likeness (QED) is 0.767. The lowest BCUT2D eigenvalue weighted by Crippen LogP contribution is -2.05. The highest BCUT2D eigenvalue weighted by atomic mass is 16.4. The predicted molar refractivity (Wildman–Crippen MR) is 55.1 cm³/mol. The van der Waals surface area contributed by atoms with Crippen LogP contribution in [0, 0.1) is 0 Å². The molecule has 0 aliphatic carbocycles. The molecule has 2 rings (SSSR count). The van der Waals surface area contributed by atoms with Crippen molar-refractivity contribution in [2.24, 2.45) is 0 Å². The topological polar surface area (TPSA) is 66.4 Å². The molecule has 0 aromatic heterocycles. The summed E-state index contributed by atoms with van der Waals surface area (Å²) in [6.07, 6.45) is 0.993. The van der Waals surface area contributed by atoms with Crippen molar-refractivity contribution in [1.29, 1.82) is 0 Å². The average molecular weight is 205 g/mol. The first-order chi connectivity index (χ1) is 7.11. The molecule has 1 aromatic rings. The van der Waals surface area contributed by atoms with Crippen molar-refractivity contribution in [2.75, 3.05) is 5.32 Å². The second-order valence-electron chi connectivity index (χ2n) is 3.55. The monoisotopic (exact) mass is 205 g/mol. The molecule has 1 aliphatic heterocycles. The Morgan fingerprint density at radius 3 is 2.87 bits per heavy atom. The van der Waals surface area contributed by atoms with E-state index >= 15 is 0 Å². The number of carbonyl (C=O) groups excluding carboxylic acids is 1. The van der Waals surface area contributed by atoms with Gasteiger partial charge in [0.2, 0.25) is 5.91 Å². The normalized spacial score (nSPS) is 13.5. The van der Waals surface area contributed by atoms with E-state index in [-0.39, 0.29) is 17.9 Å². The van der Waals surface area contributed by atoms with Crippen LogP contribution in [0.2, 0.25) is 0 Å². The van der Waals surface area contributed by atoms with Crippen LogP contribution in [-0.2, 0) is 17.6 Å². The first-order valence-electron chi connectivity index (χ1n) is 4.80. The fourth-order valence-corrected chi connectivity index (χ4v) is 1.83. The van der Waals surface area contributed by atoms with Crippen molar-refractivity contribution in [3.63, 3.8) is 0 Å². The van der Waals surface area contributed by atoms with Gasteiger partial charge in [-0.25, -0.2) is 4.79 Å². The molecule has 15 heavy (non-hydrogen) atoms. The van der Waals surface area contributed by atoms with E-state index in [4.69, 9.17) is 5.11 Å². The van der Waals surface area contributed by atoms with Gasteiger partial charge in [0.25, 0.3) is 0 Å². The number of benzene rings is 1. The summed E-state index contributed by atoms with van der Waals surface area (Å²) in [5, 5.41) is 11.6. The van der Waals surface area contributed by atoms with E-state index in [1.807, 2.05) is 6.92 Å². The molecule has 0 radical (unpaired) electrons. The maximum Gasteiger partial charge on any atom is 0.335 e. The van der Waals surface area contributed by atoms with Crippen molar-refractivity contribution in [3.8, 4) is 0 Å². The van der Waals surface area contributed by atoms with E-state index in [2.05, 4.69) is 5.32 Å². The lowest BCUT2D eigenvalue weighted by Gasteiger charge is -2.07. The third-order valence-electron chi connectivity index (χ3n) is 2.54. The first kappa shape index (κ1) is 9.71. The Kier molecular flexibility index (Phi) is 2.19. The van der Waals surface area contributed by atoms with Crippen molar-refractivity contribution in [2.45, 2.75) is 19.8 Å². The zero-order valence-electron chi connectivity index (χ0n) is 8.33. The van der Waals surface area contributed by atoms with Gasteiger partial charge in [-0.1, -0.05) is 6.92 Å². The Morgan fingerprint density at radius 1 is 1.53 bits per heavy atom. The lowest BCUT2D eigenvalue weighted by atomic mass is 10.0. The Labute approximate surface area is 86.9 Å². The molecule has 0 spiro atoms. The summed E-state index contributed by atoms with van der Waals surface area (Å²) in [4.78, 5) is 22.0. The Morgan fingerprint density at radius 2 is 2.27 bits per heavy atom. The highest BCUT2D eigenvalue weighted by Crippen LogP contribution is 2.29. The van der Waals surface area contributed by atoms with E-state index in [1.165, 1.54) is 0 Å². The van der Waals surface area contributed by atoms with Gasteiger partial charge in [0.05, 0.1) is 12.0 Å². The number of nitrogens with one attached hydrogen (secondary N) is 1. The van der Waals surface area contributed by atoms with Crippen LogP contribution in [0.3, 0.4) is 0 Å². The lowest BCUT2D eigenvalue weighted by molar-refractivity contribution is -0.115. The standard InChI is InChI=1S/C11H11NO3/c1-2-6-3-8(11(14)15)4-7-5-9(13)12-10(6)7/h3-4H,2,5H2,1H3,(H,12,13)(H,14,15). The summed E-state index contributed by atoms with van der Waals surface area (Å²) < 4.78 is 0. The number of fused-ring (bicyclic) bond motifs is 1. The third kappa shape index (κ3) is 1.58. The summed E-state index contributed by atoms with van der Waals surface area (Å²) in [6.45, 7) is 1.94. The van der Waals surface area contributed by atoms with Crippen LogP contribution >= 0.6 is 0 Å². The number of hydrogen-bond acceptors (Lipinski definition) is 2. The minimum Gasteiger partial charge on any atom is -0.478 e. The van der Waals surface area contributed by atoms with Crippen LogP contribution in [0.4, 0.5) is 5.69 Å². The number of amides is 1. The zero-order valence-corrected chi connectivity index (χ0v) is 8.33. The number of carboxylic acid groups (broad SMARTS) is 1. The molecule has 1 amide bonds. The highest BCUT2D eigenvalue weighted by molar-refractivity contribution is 6.01. The first-order valence-corrected chi connectivity index (χ1v) is 4.80. The number of carbonyl (C=O) groups is 2. The van der Waals surface area contributed by atoms with Gasteiger partial charge in [-0.05, 0) is 29.7 Å². The molecule has 78 valence electrons. The van der Waals surface area contributed by atoms with Crippen molar-refractivity contribution in [3.05, 3.63) is 28.8 Å². The summed E-state index contributed by atoms with van der Waals surface area (Å²) in [6, 6.07) is 3.18. The molecule has 1 heterocycles. The molecule has 1 aliphatic rings. The molecule has 0 saturated carbocycles. The fraction of sp³-hybridized carbons (Fsp3) is 0.273. The van der Waals surface area contributed by atoms with Crippen LogP contribution in [0.1, 0.15) is 28.4 Å². The van der Waals surface area contributed by atoms with Gasteiger partial charge in [-0.2, -0.15) is 0 Å². The highest BCUT2D eigenvalue weighted by Gasteiger charge is 2.22. The molecule has 0 unspecified atom stereocenters. The van der Waals surface area contributed by atoms with Gasteiger partial charge in [-0.3, -0.25) is 4.79 Å². The maximum atomic E-state index is 11.2. The SMILES string of the molecule is CCc1cc(C(=O)O)cc2c1NC(=O)C2. The third-order valence-corrected chi connectivity index (χ3v) is 2.54. The van der Waals surface area contributed by atoms with Crippen LogP contribution in [0.5, 0.6) is 0 Å². The van der Waals surface area contributed by atoms with Crippen molar-refractivity contribution >= 4 is 17.6 Å². The predicted octanol–water partition coefficient (Wildman–Crippen LogP) is 1.44. The molecule has 0 atom stereocenters. The molecule has 0 bridgehead atoms. The Balaban J connectivity index is 2.56. The van der Waals surface area contributed by atoms with Crippen LogP contribution in [0.25, 0.3) is 0 Å². The van der Waals surface area contributed by atoms with E-state index in [1.54, 1.807) is 12.1 Å². The van der Waals surface area contributed by atoms with E-state index < -0.39 is 5.97 Å². The molecule has 2 N–H and O–H groups in total. The average Bonchev–Trinajstić information content (AvgIpc) is 2.56. The van der Waals surface area contributed by atoms with Crippen LogP contribution in [0.15, 0.2) is 12.1 Å². The second kappa shape index (κ2) is 3.38. The van der Waals surface area contributed by atoms with E-state index in [0.29, 0.717) is 6.42 Å².